The molecule has 0 saturated carbocycles. The maximum absolute atomic E-state index is 12.6. The zero-order valence-electron chi connectivity index (χ0n) is 18.7. The number of ether oxygens (including phenoxy) is 1. The Hall–Kier alpha value is -3.13. The summed E-state index contributed by atoms with van der Waals surface area (Å²) >= 11 is 0. The summed E-state index contributed by atoms with van der Waals surface area (Å²) in [5.74, 6) is 0.00531. The lowest BCUT2D eigenvalue weighted by Crippen LogP contribution is -2.30. The predicted molar refractivity (Wildman–Crippen MR) is 123 cm³/mol. The maximum Gasteiger partial charge on any atom is 0.235 e. The summed E-state index contributed by atoms with van der Waals surface area (Å²) in [6.07, 6.45) is 0.0758. The van der Waals surface area contributed by atoms with Gasteiger partial charge in [0.25, 0.3) is 0 Å². The summed E-state index contributed by atoms with van der Waals surface area (Å²) < 4.78 is 36.4. The van der Waals surface area contributed by atoms with Crippen molar-refractivity contribution in [3.63, 3.8) is 0 Å². The Kier molecular flexibility index (Phi) is 7.35. The first-order valence-electron chi connectivity index (χ1n) is 10.4. The van der Waals surface area contributed by atoms with Crippen LogP contribution in [0.3, 0.4) is 0 Å². The highest BCUT2D eigenvalue weighted by Gasteiger charge is 2.22. The Bertz CT molecular complexity index is 1180. The van der Waals surface area contributed by atoms with E-state index in [1.165, 1.54) is 0 Å². The summed E-state index contributed by atoms with van der Waals surface area (Å²) in [7, 11) is -3.71. The average Bonchev–Trinajstić information content (AvgIpc) is 3.06. The molecular formula is C24H28N2O5S. The minimum absolute atomic E-state index is 0.0758. The number of nitrogens with one attached hydrogen (secondary N) is 1. The molecule has 170 valence electrons. The molecular weight excluding hydrogens is 428 g/mol. The van der Waals surface area contributed by atoms with Crippen molar-refractivity contribution in [3.8, 4) is 17.2 Å². The first kappa shape index (κ1) is 23.5. The molecule has 8 heteroatoms. The Balaban J connectivity index is 1.58. The van der Waals surface area contributed by atoms with Crippen LogP contribution in [0.25, 0.3) is 11.5 Å². The summed E-state index contributed by atoms with van der Waals surface area (Å²) in [5, 5.41) is 2.65. The highest BCUT2D eigenvalue weighted by atomic mass is 32.2. The first-order valence-corrected chi connectivity index (χ1v) is 12.2. The molecule has 3 rings (SSSR count). The number of sulfone groups is 1. The molecule has 1 heterocycles. The molecule has 0 aliphatic rings. The highest BCUT2D eigenvalue weighted by Crippen LogP contribution is 2.25. The molecule has 7 nitrogen and oxygen atoms in total. The van der Waals surface area contributed by atoms with Gasteiger partial charge in [-0.3, -0.25) is 4.79 Å². The van der Waals surface area contributed by atoms with Crippen LogP contribution in [-0.4, -0.2) is 31.2 Å². The van der Waals surface area contributed by atoms with Crippen molar-refractivity contribution in [2.75, 3.05) is 5.75 Å². The summed E-state index contributed by atoms with van der Waals surface area (Å²) in [6, 6.07) is 14.9. The molecule has 0 bridgehead atoms. The Morgan fingerprint density at radius 3 is 2.44 bits per heavy atom. The van der Waals surface area contributed by atoms with E-state index in [4.69, 9.17) is 9.15 Å². The van der Waals surface area contributed by atoms with E-state index in [1.807, 2.05) is 69.3 Å². The molecule has 0 aliphatic carbocycles. The normalized spacial score (nSPS) is 11.5. The monoisotopic (exact) mass is 456 g/mol. The minimum Gasteiger partial charge on any atom is -0.491 e. The number of oxazole rings is 1. The third-order valence-corrected chi connectivity index (χ3v) is 6.18. The van der Waals surface area contributed by atoms with E-state index < -0.39 is 21.5 Å². The van der Waals surface area contributed by atoms with E-state index in [2.05, 4.69) is 10.3 Å². The van der Waals surface area contributed by atoms with Gasteiger partial charge in [-0.05, 0) is 57.0 Å². The van der Waals surface area contributed by atoms with Gasteiger partial charge in [0.2, 0.25) is 11.8 Å². The predicted octanol–water partition coefficient (Wildman–Crippen LogP) is 3.98. The number of amides is 1. The Morgan fingerprint density at radius 2 is 1.78 bits per heavy atom. The number of carbonyl (C=O) groups is 1. The van der Waals surface area contributed by atoms with E-state index in [-0.39, 0.29) is 18.4 Å². The maximum atomic E-state index is 12.6. The largest absolute Gasteiger partial charge is 0.491 e. The van der Waals surface area contributed by atoms with Crippen LogP contribution in [0.2, 0.25) is 0 Å². The number of hydrogen-bond acceptors (Lipinski definition) is 6. The molecule has 0 radical (unpaired) electrons. The summed E-state index contributed by atoms with van der Waals surface area (Å²) in [4.78, 5) is 16.6. The van der Waals surface area contributed by atoms with Crippen molar-refractivity contribution in [2.45, 2.75) is 46.1 Å². The number of carbonyl (C=O) groups excluding carboxylic acids is 1. The second-order valence-corrected chi connectivity index (χ2v) is 10.0. The van der Waals surface area contributed by atoms with E-state index >= 15 is 0 Å². The van der Waals surface area contributed by atoms with Gasteiger partial charge in [-0.1, -0.05) is 30.3 Å². The lowest BCUT2D eigenvalue weighted by atomic mass is 10.1. The van der Waals surface area contributed by atoms with Crippen LogP contribution < -0.4 is 10.1 Å². The Labute approximate surface area is 188 Å². The van der Waals surface area contributed by atoms with E-state index in [1.54, 1.807) is 6.92 Å². The quantitative estimate of drug-likeness (QED) is 0.523. The lowest BCUT2D eigenvalue weighted by molar-refractivity contribution is -0.118. The fourth-order valence-electron chi connectivity index (χ4n) is 3.16. The van der Waals surface area contributed by atoms with Gasteiger partial charge in [0, 0.05) is 12.1 Å². The number of aromatic nitrogens is 1. The van der Waals surface area contributed by atoms with E-state index in [9.17, 15) is 13.2 Å². The fourth-order valence-corrected chi connectivity index (χ4v) is 4.45. The van der Waals surface area contributed by atoms with Gasteiger partial charge in [0.15, 0.2) is 9.84 Å². The zero-order valence-corrected chi connectivity index (χ0v) is 19.5. The number of aryl methyl sites for hydroxylation is 2. The van der Waals surface area contributed by atoms with Gasteiger partial charge < -0.3 is 14.5 Å². The molecule has 0 aliphatic heterocycles. The van der Waals surface area contributed by atoms with Crippen LogP contribution in [0.5, 0.6) is 5.75 Å². The molecule has 1 amide bonds. The molecule has 3 aromatic rings. The van der Waals surface area contributed by atoms with E-state index in [0.29, 0.717) is 17.3 Å². The summed E-state index contributed by atoms with van der Waals surface area (Å²) in [5.41, 5.74) is 2.95. The fraction of sp³-hybridized carbons (Fsp3) is 0.333. The van der Waals surface area contributed by atoms with Crippen LogP contribution in [0.4, 0.5) is 0 Å². The van der Waals surface area contributed by atoms with Crippen molar-refractivity contribution in [1.29, 1.82) is 0 Å². The van der Waals surface area contributed by atoms with Crippen molar-refractivity contribution in [1.82, 2.24) is 10.3 Å². The van der Waals surface area contributed by atoms with Crippen LogP contribution in [0, 0.1) is 13.8 Å². The lowest BCUT2D eigenvalue weighted by Gasteiger charge is -2.10. The van der Waals surface area contributed by atoms with Crippen LogP contribution in [-0.2, 0) is 26.9 Å². The Morgan fingerprint density at radius 1 is 1.09 bits per heavy atom. The van der Waals surface area contributed by atoms with Gasteiger partial charge in [-0.25, -0.2) is 13.4 Å². The molecule has 0 unspecified atom stereocenters. The molecule has 1 aromatic heterocycles. The van der Waals surface area contributed by atoms with Gasteiger partial charge in [0.1, 0.15) is 17.3 Å². The van der Waals surface area contributed by atoms with Crippen molar-refractivity contribution < 1.29 is 22.4 Å². The molecule has 1 N–H and O–H groups in total. The van der Waals surface area contributed by atoms with Crippen molar-refractivity contribution in [3.05, 3.63) is 71.1 Å². The second kappa shape index (κ2) is 9.99. The van der Waals surface area contributed by atoms with Gasteiger partial charge in [0.05, 0.1) is 17.6 Å². The van der Waals surface area contributed by atoms with Crippen LogP contribution in [0.1, 0.15) is 36.4 Å². The topological polar surface area (TPSA) is 98.5 Å². The molecule has 0 fully saturated rings. The number of benzene rings is 2. The molecule has 0 spiro atoms. The van der Waals surface area contributed by atoms with Gasteiger partial charge in [-0.15, -0.1) is 0 Å². The average molecular weight is 457 g/mol. The second-order valence-electron chi connectivity index (χ2n) is 7.96. The molecule has 0 saturated heterocycles. The smallest absolute Gasteiger partial charge is 0.235 e. The first-order chi connectivity index (χ1) is 15.1. The number of hydrogen-bond donors (Lipinski definition) is 1. The molecule has 0 atom stereocenters. The SMILES string of the molecule is Cc1ccccc1-c1nc(CS(=O)(=O)CC(=O)NCc2ccc(OC(C)C)cc2)c(C)o1. The third-order valence-electron chi connectivity index (χ3n) is 4.76. The van der Waals surface area contributed by atoms with Crippen LogP contribution >= 0.6 is 0 Å². The standard InChI is InChI=1S/C24H28N2O5S/c1-16(2)30-20-11-9-19(10-12-20)13-25-23(27)15-32(28,29)14-22-18(4)31-24(26-22)21-8-6-5-7-17(21)3/h5-12,16H,13-15H2,1-4H3,(H,25,27). The van der Waals surface area contributed by atoms with E-state index in [0.717, 1.165) is 22.4 Å². The van der Waals surface area contributed by atoms with Crippen LogP contribution in [0.15, 0.2) is 52.9 Å². The molecule has 32 heavy (non-hydrogen) atoms. The highest BCUT2D eigenvalue weighted by molar-refractivity contribution is 7.91. The summed E-state index contributed by atoms with van der Waals surface area (Å²) in [6.45, 7) is 7.72. The van der Waals surface area contributed by atoms with Crippen molar-refractivity contribution in [2.24, 2.45) is 0 Å². The number of nitrogens with zero attached hydrogens (tertiary/aromatic N) is 1. The van der Waals surface area contributed by atoms with Crippen molar-refractivity contribution >= 4 is 15.7 Å². The minimum atomic E-state index is -3.71. The number of rotatable bonds is 9. The third kappa shape index (κ3) is 6.43. The van der Waals surface area contributed by atoms with Gasteiger partial charge >= 0.3 is 0 Å². The van der Waals surface area contributed by atoms with Gasteiger partial charge in [-0.2, -0.15) is 0 Å². The molecule has 2 aromatic carbocycles. The zero-order chi connectivity index (χ0) is 23.3.